The summed E-state index contributed by atoms with van der Waals surface area (Å²) < 4.78 is 42.1. The predicted molar refractivity (Wildman–Crippen MR) is 216 cm³/mol. The molecule has 0 saturated carbocycles. The minimum atomic E-state index is -1.84. The number of hydrogen-bond donors (Lipinski definition) is 10. The number of phenols is 7. The Labute approximate surface area is 358 Å². The fourth-order valence-corrected chi connectivity index (χ4v) is 8.31. The molecule has 1 saturated heterocycles. The van der Waals surface area contributed by atoms with E-state index in [1.165, 1.54) is 87.9 Å². The summed E-state index contributed by atoms with van der Waals surface area (Å²) in [5, 5.41) is 109. The molecule has 8 rings (SSSR count). The Kier molecular flexibility index (Phi) is 11.4. The van der Waals surface area contributed by atoms with E-state index in [1.807, 2.05) is 0 Å². The van der Waals surface area contributed by atoms with Gasteiger partial charge in [0, 0.05) is 41.3 Å². The first-order valence-corrected chi connectivity index (χ1v) is 19.6. The van der Waals surface area contributed by atoms with E-state index in [-0.39, 0.29) is 68.9 Å². The fourth-order valence-electron chi connectivity index (χ4n) is 8.31. The smallest absolute Gasteiger partial charge is 0.338 e. The molecule has 0 amide bonds. The lowest BCUT2D eigenvalue weighted by Gasteiger charge is -2.46. The Morgan fingerprint density at radius 2 is 1.24 bits per heavy atom. The molecule has 0 aromatic heterocycles. The van der Waals surface area contributed by atoms with Gasteiger partial charge in [-0.05, 0) is 54.4 Å². The number of hydrogen-bond acceptors (Lipinski definition) is 18. The molecule has 3 aliphatic heterocycles. The molecule has 63 heavy (non-hydrogen) atoms. The zero-order chi connectivity index (χ0) is 45.0. The van der Waals surface area contributed by atoms with E-state index >= 15 is 0 Å². The summed E-state index contributed by atoms with van der Waals surface area (Å²) in [5.41, 5.74) is 0.458. The standard InChI is InChI=1S/C45H44O18/c1-18-36(52)38(54)39(55)45(59-18)63-43-35(33-27(50)14-24(48)15-29(33)60-41(43)20-6-10-23(47)11-7-20)34-28(51)17-26(49)25-16-32(40(62-42(25)34)19-4-8-22(46)9-5-19)61-44(56)21-12-30(57-2)37(53)31(13-21)58-3/h4-15,17-18,32,35-36,38-41,43,45-55H,16H2,1-3H3. The second kappa shape index (κ2) is 16.8. The quantitative estimate of drug-likeness (QED) is 0.0936. The maximum atomic E-state index is 13.9. The minimum absolute atomic E-state index is 0.0175. The first-order chi connectivity index (χ1) is 30.1. The third-order valence-corrected chi connectivity index (χ3v) is 11.5. The van der Waals surface area contributed by atoms with Crippen LogP contribution in [0.2, 0.25) is 0 Å². The molecule has 18 heteroatoms. The topological polar surface area (TPSA) is 284 Å². The number of esters is 1. The van der Waals surface area contributed by atoms with Crippen LogP contribution in [-0.2, 0) is 20.6 Å². The van der Waals surface area contributed by atoms with E-state index < -0.39 is 90.0 Å². The minimum Gasteiger partial charge on any atom is -0.508 e. The number of carbonyl (C=O) groups excluding carboxylic acids is 1. The Hall–Kier alpha value is -6.83. The summed E-state index contributed by atoms with van der Waals surface area (Å²) in [4.78, 5) is 13.9. The van der Waals surface area contributed by atoms with Crippen LogP contribution in [0, 0.1) is 0 Å². The van der Waals surface area contributed by atoms with Crippen molar-refractivity contribution in [2.75, 3.05) is 14.2 Å². The van der Waals surface area contributed by atoms with Gasteiger partial charge in [-0.3, -0.25) is 0 Å². The van der Waals surface area contributed by atoms with E-state index in [4.69, 9.17) is 33.2 Å². The monoisotopic (exact) mass is 872 g/mol. The van der Waals surface area contributed by atoms with Crippen molar-refractivity contribution in [1.29, 1.82) is 0 Å². The van der Waals surface area contributed by atoms with E-state index in [9.17, 15) is 55.9 Å². The molecule has 5 aromatic carbocycles. The van der Waals surface area contributed by atoms with Crippen molar-refractivity contribution in [1.82, 2.24) is 0 Å². The first kappa shape index (κ1) is 42.8. The Morgan fingerprint density at radius 1 is 0.651 bits per heavy atom. The van der Waals surface area contributed by atoms with Crippen molar-refractivity contribution in [3.05, 3.63) is 112 Å². The zero-order valence-electron chi connectivity index (χ0n) is 33.7. The van der Waals surface area contributed by atoms with Gasteiger partial charge in [-0.1, -0.05) is 24.3 Å². The van der Waals surface area contributed by atoms with Crippen LogP contribution in [-0.4, -0.2) is 114 Å². The predicted octanol–water partition coefficient (Wildman–Crippen LogP) is 4.02. The molecule has 0 aliphatic carbocycles. The van der Waals surface area contributed by atoms with Crippen LogP contribution in [0.25, 0.3) is 0 Å². The average molecular weight is 873 g/mol. The zero-order valence-corrected chi connectivity index (χ0v) is 33.7. The lowest BCUT2D eigenvalue weighted by Crippen LogP contribution is -2.58. The number of rotatable bonds is 9. The van der Waals surface area contributed by atoms with Crippen LogP contribution in [0.15, 0.2) is 78.9 Å². The van der Waals surface area contributed by atoms with Crippen molar-refractivity contribution in [3.63, 3.8) is 0 Å². The molecule has 0 bridgehead atoms. The molecule has 0 spiro atoms. The molecule has 5 aromatic rings. The average Bonchev–Trinajstić information content (AvgIpc) is 3.25. The summed E-state index contributed by atoms with van der Waals surface area (Å²) in [6.45, 7) is 1.45. The number of fused-ring (bicyclic) bond motifs is 2. The number of ether oxygens (including phenoxy) is 7. The second-order valence-corrected chi connectivity index (χ2v) is 15.4. The summed E-state index contributed by atoms with van der Waals surface area (Å²) in [6.07, 6.45) is -13.3. The highest BCUT2D eigenvalue weighted by Gasteiger charge is 2.51. The molecular weight excluding hydrogens is 828 g/mol. The van der Waals surface area contributed by atoms with E-state index in [0.29, 0.717) is 11.1 Å². The lowest BCUT2D eigenvalue weighted by atomic mass is 9.77. The van der Waals surface area contributed by atoms with Crippen molar-refractivity contribution in [2.45, 2.75) is 74.4 Å². The SMILES string of the molecule is COc1cc(C(=O)OC2Cc3c(O)cc(O)c(C4c5c(O)cc(O)cc5OC(c5ccc(O)cc5)C4OC4OC(C)C(O)C(O)C4O)c3OC2c2ccc(O)cc2)cc(OC)c1O. The lowest BCUT2D eigenvalue weighted by molar-refractivity contribution is -0.312. The number of carbonyl (C=O) groups is 1. The van der Waals surface area contributed by atoms with Gasteiger partial charge in [-0.15, -0.1) is 0 Å². The maximum Gasteiger partial charge on any atom is 0.338 e. The van der Waals surface area contributed by atoms with Crippen LogP contribution >= 0.6 is 0 Å². The molecule has 10 atom stereocenters. The Bertz CT molecular complexity index is 2480. The molecule has 10 unspecified atom stereocenters. The van der Waals surface area contributed by atoms with Gasteiger partial charge in [0.25, 0.3) is 0 Å². The molecule has 3 aliphatic rings. The number of benzene rings is 5. The van der Waals surface area contributed by atoms with Crippen LogP contribution in [0.5, 0.6) is 63.2 Å². The van der Waals surface area contributed by atoms with Crippen LogP contribution in [0.3, 0.4) is 0 Å². The van der Waals surface area contributed by atoms with Crippen molar-refractivity contribution in [3.8, 4) is 63.2 Å². The molecule has 18 nitrogen and oxygen atoms in total. The van der Waals surface area contributed by atoms with Gasteiger partial charge in [-0.25, -0.2) is 4.79 Å². The van der Waals surface area contributed by atoms with Gasteiger partial charge >= 0.3 is 5.97 Å². The summed E-state index contributed by atoms with van der Waals surface area (Å²) in [7, 11) is 2.57. The van der Waals surface area contributed by atoms with Crippen molar-refractivity contribution < 1.29 is 89.0 Å². The van der Waals surface area contributed by atoms with Crippen molar-refractivity contribution in [2.24, 2.45) is 0 Å². The number of aliphatic hydroxyl groups is 3. The maximum absolute atomic E-state index is 13.9. The van der Waals surface area contributed by atoms with E-state index in [2.05, 4.69) is 0 Å². The normalized spacial score (nSPS) is 26.3. The highest BCUT2D eigenvalue weighted by molar-refractivity contribution is 5.91. The number of methoxy groups -OCH3 is 2. The largest absolute Gasteiger partial charge is 0.508 e. The highest BCUT2D eigenvalue weighted by Crippen LogP contribution is 2.58. The number of aliphatic hydroxyl groups excluding tert-OH is 3. The Morgan fingerprint density at radius 3 is 1.84 bits per heavy atom. The van der Waals surface area contributed by atoms with Gasteiger partial charge < -0.3 is 84.2 Å². The molecule has 3 heterocycles. The summed E-state index contributed by atoms with van der Waals surface area (Å²) in [5.74, 6) is -5.34. The van der Waals surface area contributed by atoms with Gasteiger partial charge in [0.2, 0.25) is 5.75 Å². The molecule has 332 valence electrons. The number of aromatic hydroxyl groups is 7. The van der Waals surface area contributed by atoms with Crippen LogP contribution < -0.4 is 18.9 Å². The molecule has 1 fully saturated rings. The van der Waals surface area contributed by atoms with Crippen LogP contribution in [0.4, 0.5) is 0 Å². The van der Waals surface area contributed by atoms with E-state index in [1.54, 1.807) is 0 Å². The summed E-state index contributed by atoms with van der Waals surface area (Å²) in [6, 6.07) is 17.2. The molecule has 0 radical (unpaired) electrons. The molecule has 10 N–H and O–H groups in total. The van der Waals surface area contributed by atoms with E-state index in [0.717, 1.165) is 12.1 Å². The number of phenolic OH excluding ortho intramolecular Hbond substituents is 7. The fraction of sp³-hybridized carbons (Fsp3) is 0.311. The Balaban J connectivity index is 1.31. The third kappa shape index (κ3) is 7.83. The van der Waals surface area contributed by atoms with Crippen molar-refractivity contribution >= 4 is 5.97 Å². The highest BCUT2D eigenvalue weighted by atomic mass is 16.7. The summed E-state index contributed by atoms with van der Waals surface area (Å²) >= 11 is 0. The second-order valence-electron chi connectivity index (χ2n) is 15.4. The van der Waals surface area contributed by atoms with Crippen LogP contribution in [0.1, 0.15) is 63.2 Å². The molecular formula is C45H44O18. The first-order valence-electron chi connectivity index (χ1n) is 19.6. The van der Waals surface area contributed by atoms with Gasteiger partial charge in [-0.2, -0.15) is 0 Å². The van der Waals surface area contributed by atoms with Gasteiger partial charge in [0.05, 0.1) is 31.8 Å². The third-order valence-electron chi connectivity index (χ3n) is 11.5. The van der Waals surface area contributed by atoms with Gasteiger partial charge in [0.15, 0.2) is 30.0 Å². The van der Waals surface area contributed by atoms with Gasteiger partial charge in [0.1, 0.15) is 76.5 Å².